The van der Waals surface area contributed by atoms with Crippen LogP contribution in [0.15, 0.2) is 30.5 Å². The van der Waals surface area contributed by atoms with Gasteiger partial charge in [0.1, 0.15) is 10.00 Å². The van der Waals surface area contributed by atoms with Gasteiger partial charge in [0, 0.05) is 16.6 Å². The van der Waals surface area contributed by atoms with Crippen LogP contribution in [-0.4, -0.2) is 15.9 Å². The number of hydrogen-bond acceptors (Lipinski definition) is 4. The molecule has 1 aromatic carbocycles. The number of carbonyl (C=O) groups excluding carboxylic acids is 1. The Balaban J connectivity index is 1.86. The van der Waals surface area contributed by atoms with E-state index in [0.717, 1.165) is 21.0 Å². The van der Waals surface area contributed by atoms with E-state index in [1.807, 2.05) is 31.2 Å². The van der Waals surface area contributed by atoms with Crippen LogP contribution in [0.4, 0.5) is 0 Å². The molecule has 2 aromatic rings. The van der Waals surface area contributed by atoms with Gasteiger partial charge in [0.25, 0.3) is 0 Å². The van der Waals surface area contributed by atoms with Crippen LogP contribution in [0.25, 0.3) is 0 Å². The molecule has 0 unspecified atom stereocenters. The Morgan fingerprint density at radius 1 is 1.40 bits per heavy atom. The summed E-state index contributed by atoms with van der Waals surface area (Å²) >= 11 is 6.47. The highest BCUT2D eigenvalue weighted by Gasteiger charge is 2.05. The zero-order valence-corrected chi connectivity index (χ0v) is 12.7. The van der Waals surface area contributed by atoms with Gasteiger partial charge < -0.3 is 11.1 Å². The molecular weight excluding hydrogens is 290 g/mol. The Labute approximate surface area is 127 Å². The molecule has 1 amide bonds. The summed E-state index contributed by atoms with van der Waals surface area (Å²) in [6.45, 7) is 2.47. The van der Waals surface area contributed by atoms with Gasteiger partial charge in [0.05, 0.1) is 13.0 Å². The van der Waals surface area contributed by atoms with E-state index in [2.05, 4.69) is 10.3 Å². The predicted molar refractivity (Wildman–Crippen MR) is 84.7 cm³/mol. The van der Waals surface area contributed by atoms with Gasteiger partial charge in [-0.05, 0) is 12.5 Å². The number of aryl methyl sites for hydroxylation is 1. The molecule has 104 valence electrons. The van der Waals surface area contributed by atoms with Gasteiger partial charge in [-0.3, -0.25) is 4.79 Å². The molecule has 0 aliphatic rings. The summed E-state index contributed by atoms with van der Waals surface area (Å²) in [5, 5.41) is 3.77. The maximum absolute atomic E-state index is 11.8. The van der Waals surface area contributed by atoms with Gasteiger partial charge in [-0.1, -0.05) is 36.5 Å². The number of aromatic nitrogens is 1. The zero-order chi connectivity index (χ0) is 14.5. The Morgan fingerprint density at radius 3 is 2.65 bits per heavy atom. The number of carbonyl (C=O) groups is 1. The lowest BCUT2D eigenvalue weighted by atomic mass is 10.1. The minimum atomic E-state index is -0.0269. The third kappa shape index (κ3) is 4.11. The number of hydrogen-bond donors (Lipinski definition) is 2. The summed E-state index contributed by atoms with van der Waals surface area (Å²) in [5.74, 6) is -0.0269. The summed E-state index contributed by atoms with van der Waals surface area (Å²) in [5.41, 5.74) is 7.26. The Hall–Kier alpha value is -1.79. The van der Waals surface area contributed by atoms with E-state index < -0.39 is 0 Å². The molecule has 0 atom stereocenters. The number of thiazole rings is 1. The van der Waals surface area contributed by atoms with Crippen LogP contribution in [0, 0.1) is 6.92 Å². The van der Waals surface area contributed by atoms with E-state index in [1.54, 1.807) is 17.5 Å². The summed E-state index contributed by atoms with van der Waals surface area (Å²) < 4.78 is 0. The number of amides is 1. The van der Waals surface area contributed by atoms with E-state index in [-0.39, 0.29) is 5.91 Å². The largest absolute Gasteiger partial charge is 0.389 e. The topological polar surface area (TPSA) is 68.0 Å². The highest BCUT2D eigenvalue weighted by atomic mass is 32.1. The maximum atomic E-state index is 11.8. The van der Waals surface area contributed by atoms with Crippen molar-refractivity contribution in [3.05, 3.63) is 51.5 Å². The van der Waals surface area contributed by atoms with Crippen LogP contribution in [0.1, 0.15) is 21.0 Å². The third-order valence-corrected chi connectivity index (χ3v) is 3.86. The van der Waals surface area contributed by atoms with Crippen molar-refractivity contribution < 1.29 is 4.79 Å². The quantitative estimate of drug-likeness (QED) is 0.829. The average molecular weight is 305 g/mol. The van der Waals surface area contributed by atoms with Crippen LogP contribution in [0.2, 0.25) is 0 Å². The molecule has 1 aromatic heterocycles. The second-order valence-electron chi connectivity index (χ2n) is 4.38. The molecule has 0 spiro atoms. The van der Waals surface area contributed by atoms with E-state index in [9.17, 15) is 4.79 Å². The summed E-state index contributed by atoms with van der Waals surface area (Å²) in [7, 11) is 0. The molecule has 0 fully saturated rings. The lowest BCUT2D eigenvalue weighted by Gasteiger charge is -2.04. The first-order valence-electron chi connectivity index (χ1n) is 6.11. The first kappa shape index (κ1) is 14.6. The van der Waals surface area contributed by atoms with Crippen molar-refractivity contribution >= 4 is 34.5 Å². The molecule has 0 aliphatic heterocycles. The summed E-state index contributed by atoms with van der Waals surface area (Å²) in [6.07, 6.45) is 2.14. The monoisotopic (exact) mass is 305 g/mol. The van der Waals surface area contributed by atoms with E-state index in [0.29, 0.717) is 18.0 Å². The van der Waals surface area contributed by atoms with Gasteiger partial charge in [0.2, 0.25) is 5.91 Å². The fraction of sp³-hybridized carbons (Fsp3) is 0.214. The minimum absolute atomic E-state index is 0.0269. The van der Waals surface area contributed by atoms with Gasteiger partial charge >= 0.3 is 0 Å². The van der Waals surface area contributed by atoms with E-state index in [1.165, 1.54) is 0 Å². The van der Waals surface area contributed by atoms with Crippen LogP contribution < -0.4 is 11.1 Å². The molecule has 0 saturated carbocycles. The van der Waals surface area contributed by atoms with Crippen molar-refractivity contribution in [1.82, 2.24) is 10.3 Å². The van der Waals surface area contributed by atoms with Crippen molar-refractivity contribution in [3.63, 3.8) is 0 Å². The average Bonchev–Trinajstić information content (AvgIpc) is 2.83. The van der Waals surface area contributed by atoms with Crippen molar-refractivity contribution in [3.8, 4) is 0 Å². The number of thiocarbonyl (C=S) groups is 1. The third-order valence-electron chi connectivity index (χ3n) is 2.71. The molecule has 0 radical (unpaired) electrons. The standard InChI is InChI=1S/C14H15N3OS2/c1-9-7-17-13(20-9)8-16-12(18)6-10-2-4-11(5-3-10)14(15)19/h2-5,7H,6,8H2,1H3,(H2,15,19)(H,16,18). The van der Waals surface area contributed by atoms with Crippen molar-refractivity contribution in [2.24, 2.45) is 5.73 Å². The fourth-order valence-electron chi connectivity index (χ4n) is 1.69. The number of nitrogens with two attached hydrogens (primary N) is 1. The highest BCUT2D eigenvalue weighted by Crippen LogP contribution is 2.10. The molecule has 2 rings (SSSR count). The fourth-order valence-corrected chi connectivity index (χ4v) is 2.56. The van der Waals surface area contributed by atoms with Gasteiger partial charge in [-0.25, -0.2) is 4.98 Å². The smallest absolute Gasteiger partial charge is 0.224 e. The normalized spacial score (nSPS) is 10.2. The second-order valence-corrected chi connectivity index (χ2v) is 6.14. The number of nitrogens with zero attached hydrogens (tertiary/aromatic N) is 1. The van der Waals surface area contributed by atoms with Crippen LogP contribution in [0.3, 0.4) is 0 Å². The number of nitrogens with one attached hydrogen (secondary N) is 1. The Kier molecular flexibility index (Phi) is 4.81. The minimum Gasteiger partial charge on any atom is -0.389 e. The van der Waals surface area contributed by atoms with Gasteiger partial charge in [0.15, 0.2) is 0 Å². The van der Waals surface area contributed by atoms with Crippen molar-refractivity contribution in [2.75, 3.05) is 0 Å². The first-order valence-corrected chi connectivity index (χ1v) is 7.34. The first-order chi connectivity index (χ1) is 9.54. The molecule has 4 nitrogen and oxygen atoms in total. The molecule has 20 heavy (non-hydrogen) atoms. The van der Waals surface area contributed by atoms with Crippen molar-refractivity contribution in [2.45, 2.75) is 19.9 Å². The summed E-state index contributed by atoms with van der Waals surface area (Å²) in [6, 6.07) is 7.38. The zero-order valence-electron chi connectivity index (χ0n) is 11.1. The molecule has 0 saturated heterocycles. The molecular formula is C14H15N3OS2. The van der Waals surface area contributed by atoms with Gasteiger partial charge in [-0.2, -0.15) is 0 Å². The second kappa shape index (κ2) is 6.58. The summed E-state index contributed by atoms with van der Waals surface area (Å²) in [4.78, 5) is 17.5. The molecule has 0 bridgehead atoms. The van der Waals surface area contributed by atoms with E-state index >= 15 is 0 Å². The van der Waals surface area contributed by atoms with Crippen LogP contribution in [0.5, 0.6) is 0 Å². The number of rotatable bonds is 5. The molecule has 1 heterocycles. The van der Waals surface area contributed by atoms with Crippen LogP contribution in [-0.2, 0) is 17.8 Å². The lowest BCUT2D eigenvalue weighted by Crippen LogP contribution is -2.24. The van der Waals surface area contributed by atoms with Crippen molar-refractivity contribution in [1.29, 1.82) is 0 Å². The predicted octanol–water partition coefficient (Wildman–Crippen LogP) is 1.94. The Morgan fingerprint density at radius 2 is 2.10 bits per heavy atom. The lowest BCUT2D eigenvalue weighted by molar-refractivity contribution is -0.120. The number of benzene rings is 1. The maximum Gasteiger partial charge on any atom is 0.224 e. The molecule has 3 N–H and O–H groups in total. The van der Waals surface area contributed by atoms with E-state index in [4.69, 9.17) is 18.0 Å². The molecule has 0 aliphatic carbocycles. The van der Waals surface area contributed by atoms with Gasteiger partial charge in [-0.15, -0.1) is 11.3 Å². The Bertz CT molecular complexity index is 620. The highest BCUT2D eigenvalue weighted by molar-refractivity contribution is 7.80. The molecule has 6 heteroatoms. The van der Waals surface area contributed by atoms with Crippen LogP contribution >= 0.6 is 23.6 Å². The SMILES string of the molecule is Cc1cnc(CNC(=O)Cc2ccc(C(N)=S)cc2)s1.